The van der Waals surface area contributed by atoms with Gasteiger partial charge in [-0.15, -0.1) is 0 Å². The molecule has 17 heavy (non-hydrogen) atoms. The average molecular weight is 319 g/mol. The summed E-state index contributed by atoms with van der Waals surface area (Å²) in [6.45, 7) is 3.83. The largest absolute Gasteiger partial charge is 0.311 e. The van der Waals surface area contributed by atoms with Gasteiger partial charge in [0.1, 0.15) is 0 Å². The lowest BCUT2D eigenvalue weighted by Crippen LogP contribution is -2.32. The van der Waals surface area contributed by atoms with Gasteiger partial charge in [0, 0.05) is 17.1 Å². The van der Waals surface area contributed by atoms with Crippen molar-refractivity contribution in [2.24, 2.45) is 0 Å². The Bertz CT molecular complexity index is 448. The Hall–Kier alpha value is -0.870. The fraction of sp³-hybridized carbons (Fsp3) is 0.333. The maximum Gasteiger partial charge on any atom is 0.237 e. The fourth-order valence-electron chi connectivity index (χ4n) is 1.58. The number of Topliss-reactive ketones (excluding diaryl/α,β-unsaturated/α-hetero) is 1. The highest BCUT2D eigenvalue weighted by Crippen LogP contribution is 2.25. The quantitative estimate of drug-likeness (QED) is 0.631. The predicted octanol–water partition coefficient (Wildman–Crippen LogP) is 3.29. The molecule has 0 aromatic heterocycles. The van der Waals surface area contributed by atoms with Crippen molar-refractivity contribution in [2.75, 3.05) is 16.8 Å². The van der Waals surface area contributed by atoms with E-state index in [1.807, 2.05) is 6.92 Å². The summed E-state index contributed by atoms with van der Waals surface area (Å²) in [5, 5.41) is 0.710. The van der Waals surface area contributed by atoms with Crippen LogP contribution in [0.2, 0.25) is 5.02 Å². The van der Waals surface area contributed by atoms with Crippen LogP contribution in [0.25, 0.3) is 0 Å². The molecule has 0 aliphatic rings. The van der Waals surface area contributed by atoms with Crippen molar-refractivity contribution in [2.45, 2.75) is 13.8 Å². The van der Waals surface area contributed by atoms with Gasteiger partial charge in [0.05, 0.1) is 11.0 Å². The van der Waals surface area contributed by atoms with Crippen LogP contribution in [0, 0.1) is 0 Å². The lowest BCUT2D eigenvalue weighted by Gasteiger charge is -2.22. The van der Waals surface area contributed by atoms with Crippen molar-refractivity contribution in [3.8, 4) is 0 Å². The Balaban J connectivity index is 3.28. The van der Waals surface area contributed by atoms with Crippen LogP contribution in [0.4, 0.5) is 5.69 Å². The lowest BCUT2D eigenvalue weighted by molar-refractivity contribution is -0.116. The van der Waals surface area contributed by atoms with Crippen LogP contribution >= 0.6 is 27.5 Å². The molecule has 5 heteroatoms. The number of hydrogen-bond donors (Lipinski definition) is 0. The molecule has 0 spiro atoms. The predicted molar refractivity (Wildman–Crippen MR) is 73.3 cm³/mol. The van der Waals surface area contributed by atoms with Gasteiger partial charge in [-0.2, -0.15) is 0 Å². The smallest absolute Gasteiger partial charge is 0.237 e. The summed E-state index contributed by atoms with van der Waals surface area (Å²) in [7, 11) is 0. The van der Waals surface area contributed by atoms with Crippen LogP contribution < -0.4 is 4.90 Å². The summed E-state index contributed by atoms with van der Waals surface area (Å²) in [5.74, 6) is -0.194. The van der Waals surface area contributed by atoms with E-state index >= 15 is 0 Å². The summed E-state index contributed by atoms with van der Waals surface area (Å²) < 4.78 is 0. The zero-order valence-electron chi connectivity index (χ0n) is 9.67. The van der Waals surface area contributed by atoms with Crippen molar-refractivity contribution in [3.05, 3.63) is 28.8 Å². The van der Waals surface area contributed by atoms with Gasteiger partial charge in [0.25, 0.3) is 0 Å². The van der Waals surface area contributed by atoms with Gasteiger partial charge < -0.3 is 4.90 Å². The third-order valence-corrected chi connectivity index (χ3v) is 3.08. The number of carbonyl (C=O) groups excluding carboxylic acids is 2. The molecule has 0 atom stereocenters. The first-order chi connectivity index (χ1) is 8.01. The molecule has 0 radical (unpaired) electrons. The highest BCUT2D eigenvalue weighted by Gasteiger charge is 2.18. The number of amides is 1. The second-order valence-corrected chi connectivity index (χ2v) is 4.49. The van der Waals surface area contributed by atoms with Gasteiger partial charge in [-0.3, -0.25) is 9.59 Å². The summed E-state index contributed by atoms with van der Waals surface area (Å²) >= 11 is 8.98. The number of anilines is 1. The number of alkyl halides is 1. The van der Waals surface area contributed by atoms with Crippen molar-refractivity contribution >= 4 is 44.9 Å². The maximum atomic E-state index is 11.7. The summed E-state index contributed by atoms with van der Waals surface area (Å²) in [5.41, 5.74) is 1.07. The molecule has 1 rings (SSSR count). The van der Waals surface area contributed by atoms with Crippen LogP contribution in [-0.2, 0) is 4.79 Å². The minimum Gasteiger partial charge on any atom is -0.311 e. The summed E-state index contributed by atoms with van der Waals surface area (Å²) in [6.07, 6.45) is 0. The fourth-order valence-corrected chi connectivity index (χ4v) is 2.05. The normalized spacial score (nSPS) is 10.1. The zero-order chi connectivity index (χ0) is 13.0. The van der Waals surface area contributed by atoms with Crippen molar-refractivity contribution in [1.82, 2.24) is 0 Å². The maximum absolute atomic E-state index is 11.7. The Morgan fingerprint density at radius 1 is 1.41 bits per heavy atom. The van der Waals surface area contributed by atoms with E-state index in [0.717, 1.165) is 0 Å². The van der Waals surface area contributed by atoms with E-state index in [2.05, 4.69) is 15.9 Å². The van der Waals surface area contributed by atoms with E-state index in [0.29, 0.717) is 22.8 Å². The van der Waals surface area contributed by atoms with Gasteiger partial charge in [-0.05, 0) is 32.0 Å². The van der Waals surface area contributed by atoms with Crippen LogP contribution in [0.15, 0.2) is 18.2 Å². The molecule has 1 aromatic rings. The molecule has 0 aliphatic heterocycles. The van der Waals surface area contributed by atoms with Gasteiger partial charge in [-0.1, -0.05) is 27.5 Å². The lowest BCUT2D eigenvalue weighted by atomic mass is 10.1. The van der Waals surface area contributed by atoms with E-state index < -0.39 is 0 Å². The SMILES string of the molecule is CCN(C(=O)CBr)c1ccc(Cl)cc1C(C)=O. The molecule has 0 aliphatic carbocycles. The van der Waals surface area contributed by atoms with E-state index in [4.69, 9.17) is 11.6 Å². The van der Waals surface area contributed by atoms with Gasteiger partial charge in [0.15, 0.2) is 5.78 Å². The van der Waals surface area contributed by atoms with Crippen LogP contribution in [-0.4, -0.2) is 23.6 Å². The molecule has 0 heterocycles. The molecule has 92 valence electrons. The Labute approximate surface area is 114 Å². The Morgan fingerprint density at radius 3 is 2.53 bits per heavy atom. The molecule has 1 aromatic carbocycles. The molecule has 0 unspecified atom stereocenters. The highest BCUT2D eigenvalue weighted by atomic mass is 79.9. The van der Waals surface area contributed by atoms with E-state index in [9.17, 15) is 9.59 Å². The van der Waals surface area contributed by atoms with E-state index in [1.54, 1.807) is 23.1 Å². The Kier molecular flexibility index (Phi) is 5.15. The minimum atomic E-state index is -0.108. The second-order valence-electron chi connectivity index (χ2n) is 3.49. The summed E-state index contributed by atoms with van der Waals surface area (Å²) in [6, 6.07) is 4.96. The molecular formula is C12H13BrClNO2. The van der Waals surface area contributed by atoms with Gasteiger partial charge in [0.2, 0.25) is 5.91 Å². The van der Waals surface area contributed by atoms with Crippen LogP contribution in [0.1, 0.15) is 24.2 Å². The van der Waals surface area contributed by atoms with Crippen LogP contribution in [0.5, 0.6) is 0 Å². The number of rotatable bonds is 4. The van der Waals surface area contributed by atoms with Crippen molar-refractivity contribution in [1.29, 1.82) is 0 Å². The molecule has 0 fully saturated rings. The first kappa shape index (κ1) is 14.2. The molecular weight excluding hydrogens is 305 g/mol. The Morgan fingerprint density at radius 2 is 2.06 bits per heavy atom. The summed E-state index contributed by atoms with van der Waals surface area (Å²) in [4.78, 5) is 24.8. The van der Waals surface area contributed by atoms with E-state index in [1.165, 1.54) is 6.92 Å². The topological polar surface area (TPSA) is 37.4 Å². The number of nitrogens with zero attached hydrogens (tertiary/aromatic N) is 1. The second kappa shape index (κ2) is 6.17. The number of halogens is 2. The standard InChI is InChI=1S/C12H13BrClNO2/c1-3-15(12(17)7-13)11-5-4-9(14)6-10(11)8(2)16/h4-6H,3,7H2,1-2H3. The highest BCUT2D eigenvalue weighted by molar-refractivity contribution is 9.09. The third-order valence-electron chi connectivity index (χ3n) is 2.36. The minimum absolute atomic E-state index is 0.0858. The molecule has 0 saturated heterocycles. The van der Waals surface area contributed by atoms with Crippen LogP contribution in [0.3, 0.4) is 0 Å². The third kappa shape index (κ3) is 3.30. The first-order valence-corrected chi connectivity index (χ1v) is 6.68. The number of benzene rings is 1. The van der Waals surface area contributed by atoms with Gasteiger partial charge in [-0.25, -0.2) is 0 Å². The average Bonchev–Trinajstić information content (AvgIpc) is 2.31. The number of ketones is 1. The number of carbonyl (C=O) groups is 2. The molecule has 3 nitrogen and oxygen atoms in total. The number of hydrogen-bond acceptors (Lipinski definition) is 2. The monoisotopic (exact) mass is 317 g/mol. The van der Waals surface area contributed by atoms with Crippen molar-refractivity contribution < 1.29 is 9.59 Å². The van der Waals surface area contributed by atoms with E-state index in [-0.39, 0.29) is 17.0 Å². The molecule has 1 amide bonds. The zero-order valence-corrected chi connectivity index (χ0v) is 12.0. The molecule has 0 bridgehead atoms. The molecule has 0 saturated carbocycles. The van der Waals surface area contributed by atoms with Gasteiger partial charge >= 0.3 is 0 Å². The first-order valence-electron chi connectivity index (χ1n) is 5.18. The van der Waals surface area contributed by atoms with Crippen molar-refractivity contribution in [3.63, 3.8) is 0 Å². The molecule has 0 N–H and O–H groups in total.